The Labute approximate surface area is 190 Å². The van der Waals surface area contributed by atoms with Crippen molar-refractivity contribution < 1.29 is 28.7 Å². The van der Waals surface area contributed by atoms with E-state index in [1.54, 1.807) is 56.5 Å². The zero-order valence-corrected chi connectivity index (χ0v) is 18.1. The molecule has 1 N–H and O–H groups in total. The predicted octanol–water partition coefficient (Wildman–Crippen LogP) is 4.45. The summed E-state index contributed by atoms with van der Waals surface area (Å²) in [6, 6.07) is 16.4. The summed E-state index contributed by atoms with van der Waals surface area (Å²) in [4.78, 5) is 23.6. The number of benzene rings is 3. The second kappa shape index (κ2) is 9.47. The zero-order chi connectivity index (χ0) is 23.4. The van der Waals surface area contributed by atoms with Crippen LogP contribution in [0.3, 0.4) is 0 Å². The smallest absolute Gasteiger partial charge is 0.270 e. The Bertz CT molecular complexity index is 1180. The first kappa shape index (κ1) is 21.9. The molecule has 0 fully saturated rings. The number of nitro groups is 1. The number of nitrogens with one attached hydrogen (secondary N) is 1. The van der Waals surface area contributed by atoms with E-state index in [2.05, 4.69) is 5.32 Å². The van der Waals surface area contributed by atoms with Gasteiger partial charge in [-0.05, 0) is 42.8 Å². The number of methoxy groups -OCH3 is 1. The van der Waals surface area contributed by atoms with Crippen LogP contribution in [-0.2, 0) is 4.79 Å². The molecule has 1 heterocycles. The molecule has 3 aromatic carbocycles. The van der Waals surface area contributed by atoms with E-state index in [1.807, 2.05) is 0 Å². The summed E-state index contributed by atoms with van der Waals surface area (Å²) in [6.45, 7) is 2.53. The number of hydrogen-bond donors (Lipinski definition) is 1. The first-order valence-electron chi connectivity index (χ1n) is 10.2. The maximum atomic E-state index is 12.8. The van der Waals surface area contributed by atoms with Gasteiger partial charge in [-0.1, -0.05) is 12.1 Å². The molecule has 0 aliphatic carbocycles. The fraction of sp³-hybridized carbons (Fsp3) is 0.208. The van der Waals surface area contributed by atoms with E-state index in [1.165, 1.54) is 18.2 Å². The monoisotopic (exact) mass is 450 g/mol. The molecule has 9 heteroatoms. The molecule has 0 aromatic heterocycles. The summed E-state index contributed by atoms with van der Waals surface area (Å²) in [5.74, 6) is 1.79. The summed E-state index contributed by atoms with van der Waals surface area (Å²) in [7, 11) is 1.55. The van der Waals surface area contributed by atoms with Gasteiger partial charge in [-0.2, -0.15) is 0 Å². The van der Waals surface area contributed by atoms with Gasteiger partial charge in [0.25, 0.3) is 11.6 Å². The van der Waals surface area contributed by atoms with Gasteiger partial charge >= 0.3 is 0 Å². The van der Waals surface area contributed by atoms with Crippen molar-refractivity contribution >= 4 is 17.3 Å². The number of hydrogen-bond acceptors (Lipinski definition) is 7. The fourth-order valence-corrected chi connectivity index (χ4v) is 3.34. The van der Waals surface area contributed by atoms with E-state index < -0.39 is 11.0 Å². The summed E-state index contributed by atoms with van der Waals surface area (Å²) < 4.78 is 22.1. The highest BCUT2D eigenvalue weighted by Gasteiger charge is 2.21. The molecule has 33 heavy (non-hydrogen) atoms. The Morgan fingerprint density at radius 2 is 1.76 bits per heavy atom. The third kappa shape index (κ3) is 4.98. The van der Waals surface area contributed by atoms with E-state index in [0.29, 0.717) is 53.0 Å². The van der Waals surface area contributed by atoms with Gasteiger partial charge < -0.3 is 24.3 Å². The standard InChI is InChI=1S/C24H22N2O7/c1-15(24(27)25-17-5-9-22-23(13-17)32-12-11-31-22)33-21-10-6-18(26(28)29)14-20(21)16-3-7-19(30-2)8-4-16/h3-10,13-15H,11-12H2,1-2H3,(H,25,27). The molecule has 3 aromatic rings. The SMILES string of the molecule is COc1ccc(-c2cc([N+](=O)[O-])ccc2OC(C)C(=O)Nc2ccc3c(c2)OCCO3)cc1. The number of anilines is 1. The minimum absolute atomic E-state index is 0.0819. The van der Waals surface area contributed by atoms with Crippen molar-refractivity contribution in [2.75, 3.05) is 25.6 Å². The van der Waals surface area contributed by atoms with E-state index in [-0.39, 0.29) is 11.6 Å². The minimum atomic E-state index is -0.878. The summed E-state index contributed by atoms with van der Waals surface area (Å²) in [5.41, 5.74) is 1.64. The normalized spacial score (nSPS) is 13.0. The molecule has 1 aliphatic rings. The molecule has 0 saturated carbocycles. The van der Waals surface area contributed by atoms with Gasteiger partial charge in [0.05, 0.1) is 12.0 Å². The van der Waals surface area contributed by atoms with Crippen LogP contribution in [0.4, 0.5) is 11.4 Å². The van der Waals surface area contributed by atoms with Crippen LogP contribution >= 0.6 is 0 Å². The number of rotatable bonds is 7. The van der Waals surface area contributed by atoms with E-state index in [4.69, 9.17) is 18.9 Å². The third-order valence-corrected chi connectivity index (χ3v) is 5.06. The van der Waals surface area contributed by atoms with Gasteiger partial charge in [-0.15, -0.1) is 0 Å². The van der Waals surface area contributed by atoms with Gasteiger partial charge in [0.15, 0.2) is 17.6 Å². The van der Waals surface area contributed by atoms with Gasteiger partial charge in [-0.3, -0.25) is 14.9 Å². The average Bonchev–Trinajstić information content (AvgIpc) is 2.84. The van der Waals surface area contributed by atoms with E-state index in [0.717, 1.165) is 0 Å². The average molecular weight is 450 g/mol. The number of fused-ring (bicyclic) bond motifs is 1. The molecule has 9 nitrogen and oxygen atoms in total. The van der Waals surface area contributed by atoms with Gasteiger partial charge in [0.1, 0.15) is 24.7 Å². The van der Waals surface area contributed by atoms with Crippen molar-refractivity contribution in [3.05, 3.63) is 70.8 Å². The molecule has 0 radical (unpaired) electrons. The lowest BCUT2D eigenvalue weighted by Gasteiger charge is -2.20. The highest BCUT2D eigenvalue weighted by molar-refractivity contribution is 5.94. The van der Waals surface area contributed by atoms with Crippen molar-refractivity contribution in [2.45, 2.75) is 13.0 Å². The van der Waals surface area contributed by atoms with Crippen LogP contribution in [0.5, 0.6) is 23.0 Å². The molecule has 1 atom stereocenters. The zero-order valence-electron chi connectivity index (χ0n) is 18.1. The van der Waals surface area contributed by atoms with Crippen LogP contribution in [0, 0.1) is 10.1 Å². The quantitative estimate of drug-likeness (QED) is 0.418. The first-order chi connectivity index (χ1) is 15.9. The molecule has 0 bridgehead atoms. The number of nitro benzene ring substituents is 1. The second-order valence-corrected chi connectivity index (χ2v) is 7.27. The molecule has 1 unspecified atom stereocenters. The van der Waals surface area contributed by atoms with E-state index in [9.17, 15) is 14.9 Å². The largest absolute Gasteiger partial charge is 0.497 e. The molecule has 170 valence electrons. The third-order valence-electron chi connectivity index (χ3n) is 5.06. The van der Waals surface area contributed by atoms with Crippen LogP contribution in [0.25, 0.3) is 11.1 Å². The highest BCUT2D eigenvalue weighted by Crippen LogP contribution is 2.35. The lowest BCUT2D eigenvalue weighted by Crippen LogP contribution is -2.30. The number of ether oxygens (including phenoxy) is 4. The van der Waals surface area contributed by atoms with Crippen LogP contribution in [0.1, 0.15) is 6.92 Å². The summed E-state index contributed by atoms with van der Waals surface area (Å²) in [6.07, 6.45) is -0.878. The minimum Gasteiger partial charge on any atom is -0.497 e. The van der Waals surface area contributed by atoms with Crippen molar-refractivity contribution in [3.8, 4) is 34.1 Å². The van der Waals surface area contributed by atoms with Crippen LogP contribution < -0.4 is 24.3 Å². The van der Waals surface area contributed by atoms with Crippen LogP contribution in [0.2, 0.25) is 0 Å². The van der Waals surface area contributed by atoms with Crippen LogP contribution in [0.15, 0.2) is 60.7 Å². The highest BCUT2D eigenvalue weighted by atomic mass is 16.6. The van der Waals surface area contributed by atoms with Crippen molar-refractivity contribution in [3.63, 3.8) is 0 Å². The topological polar surface area (TPSA) is 109 Å². The maximum Gasteiger partial charge on any atom is 0.270 e. The molecule has 0 spiro atoms. The van der Waals surface area contributed by atoms with Crippen molar-refractivity contribution in [1.29, 1.82) is 0 Å². The predicted molar refractivity (Wildman–Crippen MR) is 121 cm³/mol. The second-order valence-electron chi connectivity index (χ2n) is 7.27. The van der Waals surface area contributed by atoms with E-state index >= 15 is 0 Å². The lowest BCUT2D eigenvalue weighted by molar-refractivity contribution is -0.384. The molecule has 4 rings (SSSR count). The molecular formula is C24H22N2O7. The number of amides is 1. The number of non-ortho nitro benzene ring substituents is 1. The van der Waals surface area contributed by atoms with Crippen molar-refractivity contribution in [1.82, 2.24) is 0 Å². The van der Waals surface area contributed by atoms with Crippen LogP contribution in [-0.4, -0.2) is 37.3 Å². The number of carbonyl (C=O) groups is 1. The van der Waals surface area contributed by atoms with Crippen molar-refractivity contribution in [2.24, 2.45) is 0 Å². The Balaban J connectivity index is 1.54. The maximum absolute atomic E-state index is 12.8. The lowest BCUT2D eigenvalue weighted by atomic mass is 10.0. The molecule has 1 aliphatic heterocycles. The summed E-state index contributed by atoms with van der Waals surface area (Å²) >= 11 is 0. The number of carbonyl (C=O) groups excluding carboxylic acids is 1. The fourth-order valence-electron chi connectivity index (χ4n) is 3.34. The van der Waals surface area contributed by atoms with Gasteiger partial charge in [0, 0.05) is 29.4 Å². The van der Waals surface area contributed by atoms with Gasteiger partial charge in [-0.25, -0.2) is 0 Å². The Kier molecular flexibility index (Phi) is 6.30. The number of nitrogens with zero attached hydrogens (tertiary/aromatic N) is 1. The summed E-state index contributed by atoms with van der Waals surface area (Å²) in [5, 5.41) is 14.1. The molecule has 0 saturated heterocycles. The molecule has 1 amide bonds. The Hall–Kier alpha value is -4.27. The van der Waals surface area contributed by atoms with Gasteiger partial charge in [0.2, 0.25) is 0 Å². The molecular weight excluding hydrogens is 428 g/mol. The Morgan fingerprint density at radius 1 is 1.03 bits per heavy atom. The first-order valence-corrected chi connectivity index (χ1v) is 10.2. The Morgan fingerprint density at radius 3 is 2.45 bits per heavy atom.